The van der Waals surface area contributed by atoms with E-state index in [2.05, 4.69) is 28.4 Å². The molecule has 2 aliphatic rings. The number of nitrogens with one attached hydrogen (secondary N) is 1. The summed E-state index contributed by atoms with van der Waals surface area (Å²) < 4.78 is 22.5. The molecule has 1 amide bonds. The van der Waals surface area contributed by atoms with Crippen LogP contribution in [-0.2, 0) is 40.4 Å². The fourth-order valence-corrected chi connectivity index (χ4v) is 6.63. The van der Waals surface area contributed by atoms with E-state index in [9.17, 15) is 9.90 Å². The molecule has 0 bridgehead atoms. The maximum Gasteiger partial charge on any atom is 0.272 e. The van der Waals surface area contributed by atoms with Crippen LogP contribution in [0.2, 0.25) is 0 Å². The second-order valence-electron chi connectivity index (χ2n) is 12.3. The van der Waals surface area contributed by atoms with Gasteiger partial charge in [-0.25, -0.2) is 0 Å². The van der Waals surface area contributed by atoms with Gasteiger partial charge in [-0.05, 0) is 69.6 Å². The van der Waals surface area contributed by atoms with Crippen molar-refractivity contribution in [3.63, 3.8) is 0 Å². The van der Waals surface area contributed by atoms with Gasteiger partial charge in [-0.1, -0.05) is 95.5 Å². The van der Waals surface area contributed by atoms with Crippen LogP contribution < -0.4 is 14.8 Å². The van der Waals surface area contributed by atoms with E-state index in [1.807, 2.05) is 66.7 Å². The highest BCUT2D eigenvalue weighted by atomic mass is 35.6. The topological polar surface area (TPSA) is 89.5 Å². The Labute approximate surface area is 301 Å². The highest BCUT2D eigenvalue weighted by Crippen LogP contribution is 2.40. The van der Waals surface area contributed by atoms with Gasteiger partial charge in [0.2, 0.25) is 0 Å². The van der Waals surface area contributed by atoms with Gasteiger partial charge in [-0.2, -0.15) is 0 Å². The first-order valence-corrected chi connectivity index (χ1v) is 17.3. The van der Waals surface area contributed by atoms with E-state index in [0.29, 0.717) is 6.42 Å². The molecule has 0 spiro atoms. The van der Waals surface area contributed by atoms with E-state index in [1.165, 1.54) is 11.1 Å². The molecule has 0 saturated carbocycles. The number of aliphatic hydroxyl groups excluding tert-OH is 1. The summed E-state index contributed by atoms with van der Waals surface area (Å²) in [5.41, 5.74) is 8.09. The number of carbonyl (C=O) groups excluding carboxylic acids is 1. The van der Waals surface area contributed by atoms with Crippen molar-refractivity contribution in [3.8, 4) is 22.6 Å². The smallest absolute Gasteiger partial charge is 0.272 e. The first-order valence-electron chi connectivity index (χ1n) is 16.1. The number of fused-ring (bicyclic) bond motifs is 1. The lowest BCUT2D eigenvalue weighted by molar-refractivity contribution is -0.253. The van der Waals surface area contributed by atoms with E-state index in [1.54, 1.807) is 14.2 Å². The minimum Gasteiger partial charge on any atom is -0.493 e. The molecule has 3 atom stereocenters. The van der Waals surface area contributed by atoms with E-state index < -0.39 is 16.0 Å². The van der Waals surface area contributed by atoms with Crippen LogP contribution in [0.4, 0.5) is 0 Å². The number of nitrogens with zero attached hydrogens (tertiary/aromatic N) is 1. The Balaban J connectivity index is 1.22. The normalized spacial score (nSPS) is 19.6. The molecule has 8 nitrogen and oxygen atoms in total. The van der Waals surface area contributed by atoms with E-state index in [0.717, 1.165) is 70.9 Å². The number of aliphatic hydroxyl groups is 1. The molecule has 4 aromatic rings. The minimum absolute atomic E-state index is 0.0134. The molecule has 1 fully saturated rings. The molecule has 1 saturated heterocycles. The van der Waals surface area contributed by atoms with Gasteiger partial charge >= 0.3 is 0 Å². The van der Waals surface area contributed by atoms with Gasteiger partial charge in [0.1, 0.15) is 0 Å². The molecule has 0 radical (unpaired) electrons. The minimum atomic E-state index is -2.03. The van der Waals surface area contributed by atoms with Gasteiger partial charge in [-0.3, -0.25) is 9.69 Å². The second-order valence-corrected chi connectivity index (χ2v) is 14.6. The van der Waals surface area contributed by atoms with Gasteiger partial charge in [0.15, 0.2) is 17.8 Å². The third kappa shape index (κ3) is 8.70. The molecule has 258 valence electrons. The average molecular weight is 726 g/mol. The molecular weight excluding hydrogens is 687 g/mol. The van der Waals surface area contributed by atoms with Crippen molar-refractivity contribution in [2.75, 3.05) is 27.3 Å². The summed E-state index contributed by atoms with van der Waals surface area (Å²) >= 11 is 17.1. The van der Waals surface area contributed by atoms with Crippen LogP contribution in [0.5, 0.6) is 11.5 Å². The van der Waals surface area contributed by atoms with Crippen molar-refractivity contribution in [3.05, 3.63) is 118 Å². The third-order valence-corrected chi connectivity index (χ3v) is 9.52. The number of rotatable bonds is 10. The van der Waals surface area contributed by atoms with Crippen molar-refractivity contribution in [2.45, 2.75) is 54.8 Å². The molecule has 49 heavy (non-hydrogen) atoms. The van der Waals surface area contributed by atoms with Crippen molar-refractivity contribution < 1.29 is 28.8 Å². The number of halogens is 3. The van der Waals surface area contributed by atoms with Crippen LogP contribution in [0.3, 0.4) is 0 Å². The summed E-state index contributed by atoms with van der Waals surface area (Å²) in [6, 6.07) is 28.0. The molecule has 0 aromatic heterocycles. The first kappa shape index (κ1) is 35.5. The van der Waals surface area contributed by atoms with Crippen molar-refractivity contribution in [1.82, 2.24) is 10.2 Å². The molecule has 2 N–H and O–H groups in total. The number of hydrogen-bond acceptors (Lipinski definition) is 7. The number of methoxy groups -OCH3 is 2. The van der Waals surface area contributed by atoms with Crippen molar-refractivity contribution in [1.29, 1.82) is 0 Å². The largest absolute Gasteiger partial charge is 0.493 e. The first-order chi connectivity index (χ1) is 23.6. The third-order valence-electron chi connectivity index (χ3n) is 9.00. The van der Waals surface area contributed by atoms with Crippen molar-refractivity contribution >= 4 is 40.7 Å². The zero-order chi connectivity index (χ0) is 34.5. The maximum atomic E-state index is 12.1. The number of alkyl halides is 3. The van der Waals surface area contributed by atoms with E-state index in [4.69, 9.17) is 53.8 Å². The fraction of sp³-hybridized carbons (Fsp3) is 0.342. The second kappa shape index (κ2) is 15.7. The summed E-state index contributed by atoms with van der Waals surface area (Å²) in [6.07, 6.45) is 0.688. The Morgan fingerprint density at radius 1 is 0.878 bits per heavy atom. The molecule has 6 rings (SSSR count). The van der Waals surface area contributed by atoms with Gasteiger partial charge in [-0.15, -0.1) is 0 Å². The zero-order valence-corrected chi connectivity index (χ0v) is 29.6. The van der Waals surface area contributed by atoms with Gasteiger partial charge in [0.25, 0.3) is 9.70 Å². The Kier molecular flexibility index (Phi) is 11.4. The number of hydrogen-bond donors (Lipinski definition) is 2. The molecular formula is C38H39Cl3N2O6. The summed E-state index contributed by atoms with van der Waals surface area (Å²) in [5, 5.41) is 12.3. The summed E-state index contributed by atoms with van der Waals surface area (Å²) in [5.74, 6) is 0.802. The molecule has 4 aromatic carbocycles. The Hall–Kier alpha value is -3.34. The lowest BCUT2D eigenvalue weighted by atomic mass is 9.96. The molecule has 11 heteroatoms. The number of carbonyl (C=O) groups is 1. The van der Waals surface area contributed by atoms with Crippen LogP contribution >= 0.6 is 34.8 Å². The Bertz CT molecular complexity index is 1760. The predicted molar refractivity (Wildman–Crippen MR) is 191 cm³/mol. The quantitative estimate of drug-likeness (QED) is 0.164. The van der Waals surface area contributed by atoms with Gasteiger partial charge < -0.3 is 29.4 Å². The van der Waals surface area contributed by atoms with Gasteiger partial charge in [0, 0.05) is 38.2 Å². The monoisotopic (exact) mass is 724 g/mol. The van der Waals surface area contributed by atoms with E-state index >= 15 is 0 Å². The molecule has 2 aliphatic heterocycles. The van der Waals surface area contributed by atoms with Gasteiger partial charge in [0.05, 0.1) is 33.0 Å². The Morgan fingerprint density at radius 2 is 1.57 bits per heavy atom. The SMILES string of the molecule is COc1cc2c(cc1OC)CN(CC1CC(c3ccc(CO)cc3)OC(c3cccc(-c4cccc(CNC(=O)C(Cl)(Cl)Cl)c4)c3)O1)CC2. The molecule has 3 unspecified atom stereocenters. The van der Waals surface area contributed by atoms with Crippen LogP contribution in [-0.4, -0.2) is 53.1 Å². The summed E-state index contributed by atoms with van der Waals surface area (Å²) in [6.45, 7) is 2.62. The van der Waals surface area contributed by atoms with E-state index in [-0.39, 0.29) is 25.4 Å². The average Bonchev–Trinajstić information content (AvgIpc) is 3.12. The summed E-state index contributed by atoms with van der Waals surface area (Å²) in [7, 11) is 3.32. The predicted octanol–water partition coefficient (Wildman–Crippen LogP) is 7.45. The van der Waals surface area contributed by atoms with Crippen LogP contribution in [0.25, 0.3) is 11.1 Å². The molecule has 0 aliphatic carbocycles. The maximum absolute atomic E-state index is 12.1. The number of benzene rings is 4. The lowest BCUT2D eigenvalue weighted by Crippen LogP contribution is -2.41. The standard InChI is InChI=1S/C38H39Cl3N2O6/c1-46-34-17-29-13-14-43(21-31(29)18-35(34)47-2)22-32-19-33(26-11-9-24(23-44)10-12-26)49-36(48-32)30-8-4-7-28(16-30)27-6-3-5-25(15-27)20-42-37(45)38(39,40)41/h3-12,15-18,32-33,36,44H,13-14,19-23H2,1-2H3,(H,42,45). The van der Waals surface area contributed by atoms with Crippen molar-refractivity contribution in [2.24, 2.45) is 0 Å². The zero-order valence-electron chi connectivity index (χ0n) is 27.3. The Morgan fingerprint density at radius 3 is 2.27 bits per heavy atom. The number of ether oxygens (including phenoxy) is 4. The van der Waals surface area contributed by atoms with Crippen LogP contribution in [0.15, 0.2) is 84.9 Å². The summed E-state index contributed by atoms with van der Waals surface area (Å²) in [4.78, 5) is 14.5. The molecule has 2 heterocycles. The van der Waals surface area contributed by atoms with Crippen LogP contribution in [0, 0.1) is 0 Å². The highest BCUT2D eigenvalue weighted by molar-refractivity contribution is 6.76. The lowest BCUT2D eigenvalue weighted by Gasteiger charge is -2.39. The highest BCUT2D eigenvalue weighted by Gasteiger charge is 2.34. The fourth-order valence-electron chi connectivity index (χ4n) is 6.43. The number of amides is 1. The van der Waals surface area contributed by atoms with Crippen LogP contribution in [0.1, 0.15) is 52.2 Å².